The zero-order valence-corrected chi connectivity index (χ0v) is 49.9. The van der Waals surface area contributed by atoms with Crippen LogP contribution in [0.25, 0.3) is 0 Å². The van der Waals surface area contributed by atoms with Gasteiger partial charge in [0.05, 0.1) is 6.61 Å². The molecule has 0 saturated carbocycles. The molecule has 0 aliphatic rings. The molecule has 5 heteroatoms. The lowest BCUT2D eigenvalue weighted by molar-refractivity contribution is -0.163. The second-order valence-corrected chi connectivity index (χ2v) is 22.0. The highest BCUT2D eigenvalue weighted by atomic mass is 16.6. The van der Waals surface area contributed by atoms with E-state index in [2.05, 4.69) is 81.5 Å². The topological polar surface area (TPSA) is 61.8 Å². The van der Waals surface area contributed by atoms with E-state index in [0.717, 1.165) is 64.2 Å². The Bertz CT molecular complexity index is 1260. The molecule has 0 bridgehead atoms. The lowest BCUT2D eigenvalue weighted by atomic mass is 10.1. The van der Waals surface area contributed by atoms with Gasteiger partial charge in [-0.3, -0.25) is 9.59 Å². The van der Waals surface area contributed by atoms with Crippen LogP contribution in [0.3, 0.4) is 0 Å². The van der Waals surface area contributed by atoms with Crippen LogP contribution in [0.15, 0.2) is 60.8 Å². The first-order chi connectivity index (χ1) is 36.6. The van der Waals surface area contributed by atoms with E-state index in [4.69, 9.17) is 14.2 Å². The first kappa shape index (κ1) is 71.6. The van der Waals surface area contributed by atoms with Crippen molar-refractivity contribution in [2.45, 2.75) is 348 Å². The van der Waals surface area contributed by atoms with Crippen LogP contribution in [0.2, 0.25) is 0 Å². The molecule has 0 rings (SSSR count). The average Bonchev–Trinajstić information content (AvgIpc) is 3.40. The van der Waals surface area contributed by atoms with Gasteiger partial charge in [0.25, 0.3) is 0 Å². The van der Waals surface area contributed by atoms with Gasteiger partial charge in [-0.15, -0.1) is 0 Å². The molecule has 0 aromatic heterocycles. The van der Waals surface area contributed by atoms with Crippen molar-refractivity contribution in [3.63, 3.8) is 0 Å². The van der Waals surface area contributed by atoms with E-state index >= 15 is 0 Å². The Kier molecular flexibility index (Phi) is 62.8. The van der Waals surface area contributed by atoms with Crippen molar-refractivity contribution in [2.24, 2.45) is 0 Å². The summed E-state index contributed by atoms with van der Waals surface area (Å²) in [5, 5.41) is 0. The third-order valence-corrected chi connectivity index (χ3v) is 14.5. The van der Waals surface area contributed by atoms with E-state index in [0.29, 0.717) is 19.4 Å². The first-order valence-electron chi connectivity index (χ1n) is 32.8. The van der Waals surface area contributed by atoms with Crippen LogP contribution in [-0.2, 0) is 23.8 Å². The van der Waals surface area contributed by atoms with Crippen molar-refractivity contribution in [2.75, 3.05) is 19.8 Å². The average molecular weight is 1040 g/mol. The summed E-state index contributed by atoms with van der Waals surface area (Å²) in [6, 6.07) is 0. The standard InChI is InChI=1S/C69H126O5/c1-4-7-10-13-16-19-22-25-28-31-34-37-40-43-46-49-52-55-58-61-64-72-65-67(74-69(71)63-60-57-54-51-48-45-42-39-36-33-30-27-24-21-18-15-12-9-6-3)66-73-68(70)62-59-56-53-50-47-44-41-38-35-32-29-26-23-20-17-14-11-8-5-2/h17,20,25-30,35,38,67H,4-16,18-19,21-24,31-34,36-37,39-66H2,1-3H3/b20-17-,28-25-,29-26-,30-27-,38-35-. The Labute approximate surface area is 462 Å². The Morgan fingerprint density at radius 1 is 0.297 bits per heavy atom. The maximum absolute atomic E-state index is 12.9. The van der Waals surface area contributed by atoms with Gasteiger partial charge in [-0.05, 0) is 109 Å². The molecule has 0 saturated heterocycles. The highest BCUT2D eigenvalue weighted by molar-refractivity contribution is 5.70. The molecule has 0 amide bonds. The minimum Gasteiger partial charge on any atom is -0.462 e. The van der Waals surface area contributed by atoms with Crippen molar-refractivity contribution in [1.82, 2.24) is 0 Å². The lowest BCUT2D eigenvalue weighted by Gasteiger charge is -2.18. The minimum atomic E-state index is -0.546. The van der Waals surface area contributed by atoms with Gasteiger partial charge in [0.1, 0.15) is 6.61 Å². The molecule has 0 spiro atoms. The zero-order valence-electron chi connectivity index (χ0n) is 49.9. The summed E-state index contributed by atoms with van der Waals surface area (Å²) in [6.45, 7) is 7.83. The van der Waals surface area contributed by atoms with E-state index in [9.17, 15) is 9.59 Å². The van der Waals surface area contributed by atoms with Crippen LogP contribution >= 0.6 is 0 Å². The van der Waals surface area contributed by atoms with E-state index in [1.165, 1.54) is 244 Å². The maximum atomic E-state index is 12.9. The third-order valence-electron chi connectivity index (χ3n) is 14.5. The fourth-order valence-electron chi connectivity index (χ4n) is 9.57. The number of carbonyl (C=O) groups excluding carboxylic acids is 2. The minimum absolute atomic E-state index is 0.0789. The Balaban J connectivity index is 4.29. The smallest absolute Gasteiger partial charge is 0.306 e. The van der Waals surface area contributed by atoms with Crippen LogP contribution in [-0.4, -0.2) is 37.9 Å². The summed E-state index contributed by atoms with van der Waals surface area (Å²) in [5.74, 6) is -0.398. The molecular weight excluding hydrogens is 909 g/mol. The summed E-state index contributed by atoms with van der Waals surface area (Å²) >= 11 is 0. The van der Waals surface area contributed by atoms with Crippen LogP contribution in [0.5, 0.6) is 0 Å². The van der Waals surface area contributed by atoms with Crippen LogP contribution in [0.4, 0.5) is 0 Å². The number of unbranched alkanes of at least 4 members (excludes halogenated alkanes) is 40. The fourth-order valence-corrected chi connectivity index (χ4v) is 9.57. The van der Waals surface area contributed by atoms with Gasteiger partial charge >= 0.3 is 11.9 Å². The van der Waals surface area contributed by atoms with Gasteiger partial charge in [-0.25, -0.2) is 0 Å². The summed E-state index contributed by atoms with van der Waals surface area (Å²) < 4.78 is 17.6. The number of allylic oxidation sites excluding steroid dienone is 10. The van der Waals surface area contributed by atoms with E-state index in [1.54, 1.807) is 0 Å². The molecule has 1 unspecified atom stereocenters. The van der Waals surface area contributed by atoms with Crippen molar-refractivity contribution in [3.05, 3.63) is 60.8 Å². The number of carbonyl (C=O) groups is 2. The van der Waals surface area contributed by atoms with Gasteiger partial charge in [0.2, 0.25) is 0 Å². The van der Waals surface area contributed by atoms with Gasteiger partial charge in [0.15, 0.2) is 6.10 Å². The second kappa shape index (κ2) is 64.9. The zero-order chi connectivity index (χ0) is 53.4. The fraction of sp³-hybridized carbons (Fsp3) is 0.826. The molecule has 0 aliphatic heterocycles. The first-order valence-corrected chi connectivity index (χ1v) is 32.8. The maximum Gasteiger partial charge on any atom is 0.306 e. The van der Waals surface area contributed by atoms with E-state index in [-0.39, 0.29) is 25.2 Å². The molecule has 74 heavy (non-hydrogen) atoms. The highest BCUT2D eigenvalue weighted by Gasteiger charge is 2.18. The van der Waals surface area contributed by atoms with Gasteiger partial charge in [-0.2, -0.15) is 0 Å². The summed E-state index contributed by atoms with van der Waals surface area (Å²) in [4.78, 5) is 25.7. The molecule has 0 N–H and O–H groups in total. The second-order valence-electron chi connectivity index (χ2n) is 22.0. The molecule has 0 radical (unpaired) electrons. The van der Waals surface area contributed by atoms with E-state index in [1.807, 2.05) is 0 Å². The number of hydrogen-bond acceptors (Lipinski definition) is 5. The highest BCUT2D eigenvalue weighted by Crippen LogP contribution is 2.16. The summed E-state index contributed by atoms with van der Waals surface area (Å²) in [5.41, 5.74) is 0. The molecular formula is C69H126O5. The number of esters is 2. The lowest BCUT2D eigenvalue weighted by Crippen LogP contribution is -2.30. The number of hydrogen-bond donors (Lipinski definition) is 0. The third kappa shape index (κ3) is 62.1. The van der Waals surface area contributed by atoms with Crippen LogP contribution in [0, 0.1) is 0 Å². The summed E-state index contributed by atoms with van der Waals surface area (Å²) in [6.07, 6.45) is 84.0. The molecule has 432 valence electrons. The predicted octanol–water partition coefficient (Wildman–Crippen LogP) is 22.8. The van der Waals surface area contributed by atoms with Crippen molar-refractivity contribution < 1.29 is 23.8 Å². The molecule has 0 fully saturated rings. The summed E-state index contributed by atoms with van der Waals surface area (Å²) in [7, 11) is 0. The number of ether oxygens (including phenoxy) is 3. The Morgan fingerprint density at radius 3 is 0.946 bits per heavy atom. The molecule has 5 nitrogen and oxygen atoms in total. The van der Waals surface area contributed by atoms with Crippen molar-refractivity contribution in [1.29, 1.82) is 0 Å². The van der Waals surface area contributed by atoms with Gasteiger partial charge < -0.3 is 14.2 Å². The normalized spacial score (nSPS) is 12.5. The predicted molar refractivity (Wildman–Crippen MR) is 325 cm³/mol. The van der Waals surface area contributed by atoms with Crippen LogP contribution < -0.4 is 0 Å². The van der Waals surface area contributed by atoms with Crippen LogP contribution in [0.1, 0.15) is 342 Å². The molecule has 1 atom stereocenters. The number of rotatable bonds is 61. The SMILES string of the molecule is CCCCC/C=C\C/C=C\C/C=C\CCCCCCCCC(=O)OCC(COCCCCCCCCCCCC/C=C\CCCCCCCC)OC(=O)CCCCCCCCCCC/C=C\CCCCCCCC. The van der Waals surface area contributed by atoms with Gasteiger partial charge in [-0.1, -0.05) is 281 Å². The monoisotopic (exact) mass is 1030 g/mol. The Morgan fingerprint density at radius 2 is 0.568 bits per heavy atom. The van der Waals surface area contributed by atoms with Gasteiger partial charge in [0, 0.05) is 19.4 Å². The molecule has 0 heterocycles. The Hall–Kier alpha value is -2.40. The molecule has 0 aromatic rings. The quantitative estimate of drug-likeness (QED) is 0.0345. The van der Waals surface area contributed by atoms with Crippen molar-refractivity contribution in [3.8, 4) is 0 Å². The molecule has 0 aromatic carbocycles. The van der Waals surface area contributed by atoms with E-state index < -0.39 is 6.10 Å². The molecule has 0 aliphatic carbocycles. The van der Waals surface area contributed by atoms with Crippen molar-refractivity contribution >= 4 is 11.9 Å². The largest absolute Gasteiger partial charge is 0.462 e.